The molecule has 6 heteroatoms. The third-order valence-electron chi connectivity index (χ3n) is 4.18. The largest absolute Gasteiger partial charge is 0.336 e. The van der Waals surface area contributed by atoms with E-state index in [1.165, 1.54) is 0 Å². The lowest BCUT2D eigenvalue weighted by atomic mass is 10.2. The number of carbonyl (C=O) groups is 1. The predicted molar refractivity (Wildman–Crippen MR) is 90.2 cm³/mol. The maximum atomic E-state index is 12.2. The molecule has 2 amide bonds. The zero-order valence-electron chi connectivity index (χ0n) is 13.6. The minimum absolute atomic E-state index is 0.0680. The van der Waals surface area contributed by atoms with Crippen molar-refractivity contribution in [2.75, 3.05) is 47.3 Å². The van der Waals surface area contributed by atoms with Crippen LogP contribution in [0, 0.1) is 0 Å². The van der Waals surface area contributed by atoms with Crippen molar-refractivity contribution in [1.29, 1.82) is 0 Å². The minimum Gasteiger partial charge on any atom is -0.336 e. The van der Waals surface area contributed by atoms with Crippen LogP contribution >= 0.6 is 11.6 Å². The summed E-state index contributed by atoms with van der Waals surface area (Å²) in [4.78, 5) is 18.5. The lowest BCUT2D eigenvalue weighted by Crippen LogP contribution is -2.55. The van der Waals surface area contributed by atoms with Crippen molar-refractivity contribution in [2.45, 2.75) is 12.6 Å². The molecule has 5 nitrogen and oxygen atoms in total. The van der Waals surface area contributed by atoms with Crippen molar-refractivity contribution < 1.29 is 4.79 Å². The van der Waals surface area contributed by atoms with Crippen LogP contribution in [0.3, 0.4) is 0 Å². The molecule has 1 atom stereocenters. The summed E-state index contributed by atoms with van der Waals surface area (Å²) in [6, 6.07) is 7.89. The predicted octanol–water partition coefficient (Wildman–Crippen LogP) is 1.73. The number of hydrogen-bond acceptors (Lipinski definition) is 3. The van der Waals surface area contributed by atoms with Crippen LogP contribution in [0.1, 0.15) is 5.56 Å². The van der Waals surface area contributed by atoms with Gasteiger partial charge in [0.1, 0.15) is 0 Å². The zero-order valence-corrected chi connectivity index (χ0v) is 14.3. The van der Waals surface area contributed by atoms with E-state index in [0.29, 0.717) is 24.2 Å². The van der Waals surface area contributed by atoms with Crippen molar-refractivity contribution in [2.24, 2.45) is 0 Å². The molecule has 0 aliphatic carbocycles. The van der Waals surface area contributed by atoms with Crippen LogP contribution in [0.25, 0.3) is 0 Å². The Morgan fingerprint density at radius 1 is 1.36 bits per heavy atom. The van der Waals surface area contributed by atoms with E-state index in [9.17, 15) is 4.79 Å². The molecule has 0 aromatic heterocycles. The second-order valence-corrected chi connectivity index (χ2v) is 6.44. The summed E-state index contributed by atoms with van der Waals surface area (Å²) >= 11 is 6.14. The van der Waals surface area contributed by atoms with Gasteiger partial charge in [-0.2, -0.15) is 0 Å². The third kappa shape index (κ3) is 4.60. The number of nitrogens with one attached hydrogen (secondary N) is 1. The molecule has 22 heavy (non-hydrogen) atoms. The second kappa shape index (κ2) is 7.81. The van der Waals surface area contributed by atoms with E-state index >= 15 is 0 Å². The van der Waals surface area contributed by atoms with E-state index in [2.05, 4.69) is 29.2 Å². The summed E-state index contributed by atoms with van der Waals surface area (Å²) in [5.74, 6) is 0. The van der Waals surface area contributed by atoms with Crippen LogP contribution in [-0.4, -0.2) is 74.1 Å². The second-order valence-electron chi connectivity index (χ2n) is 6.03. The van der Waals surface area contributed by atoms with E-state index < -0.39 is 0 Å². The first-order valence-electron chi connectivity index (χ1n) is 7.58. The van der Waals surface area contributed by atoms with E-state index in [-0.39, 0.29) is 6.03 Å². The first-order valence-corrected chi connectivity index (χ1v) is 7.96. The number of amides is 2. The van der Waals surface area contributed by atoms with Crippen molar-refractivity contribution in [1.82, 2.24) is 20.0 Å². The van der Waals surface area contributed by atoms with Gasteiger partial charge < -0.3 is 15.1 Å². The molecule has 0 saturated carbocycles. The zero-order chi connectivity index (χ0) is 16.1. The van der Waals surface area contributed by atoms with Gasteiger partial charge >= 0.3 is 6.03 Å². The van der Waals surface area contributed by atoms with Crippen molar-refractivity contribution in [3.05, 3.63) is 34.9 Å². The summed E-state index contributed by atoms with van der Waals surface area (Å²) in [5, 5.41) is 3.71. The Balaban J connectivity index is 1.82. The number of piperazine rings is 1. The normalized spacial score (nSPS) is 19.9. The highest BCUT2D eigenvalue weighted by atomic mass is 35.5. The van der Waals surface area contributed by atoms with Gasteiger partial charge in [-0.1, -0.05) is 29.8 Å². The summed E-state index contributed by atoms with van der Waals surface area (Å²) in [6.07, 6.45) is 0. The van der Waals surface area contributed by atoms with Crippen molar-refractivity contribution >= 4 is 17.6 Å². The Labute approximate surface area is 137 Å². The van der Waals surface area contributed by atoms with Gasteiger partial charge in [0.05, 0.1) is 0 Å². The third-order valence-corrected chi connectivity index (χ3v) is 4.55. The number of nitrogens with zero attached hydrogens (tertiary/aromatic N) is 3. The Morgan fingerprint density at radius 2 is 2.09 bits per heavy atom. The fourth-order valence-corrected chi connectivity index (χ4v) is 2.81. The van der Waals surface area contributed by atoms with Crippen LogP contribution < -0.4 is 5.32 Å². The highest BCUT2D eigenvalue weighted by Gasteiger charge is 2.23. The van der Waals surface area contributed by atoms with Gasteiger partial charge in [-0.25, -0.2) is 4.79 Å². The number of urea groups is 1. The van der Waals surface area contributed by atoms with Gasteiger partial charge in [-0.05, 0) is 25.7 Å². The first kappa shape index (κ1) is 17.1. The number of carbonyl (C=O) groups excluding carboxylic acids is 1. The number of likely N-dealkylation sites (N-methyl/N-ethyl adjacent to an activating group) is 2. The van der Waals surface area contributed by atoms with Gasteiger partial charge in [0, 0.05) is 50.8 Å². The molecule has 1 aromatic rings. The maximum absolute atomic E-state index is 12.2. The summed E-state index contributed by atoms with van der Waals surface area (Å²) < 4.78 is 0. The van der Waals surface area contributed by atoms with E-state index in [0.717, 1.165) is 25.2 Å². The van der Waals surface area contributed by atoms with Crippen LogP contribution in [-0.2, 0) is 6.54 Å². The van der Waals surface area contributed by atoms with E-state index in [1.807, 2.05) is 24.3 Å². The Kier molecular flexibility index (Phi) is 6.06. The van der Waals surface area contributed by atoms with Gasteiger partial charge in [0.15, 0.2) is 0 Å². The van der Waals surface area contributed by atoms with Gasteiger partial charge in [0.25, 0.3) is 0 Å². The number of hydrogen-bond donors (Lipinski definition) is 1. The minimum atomic E-state index is -0.0680. The molecule has 1 aromatic carbocycles. The number of rotatable bonds is 4. The number of benzene rings is 1. The molecule has 0 unspecified atom stereocenters. The van der Waals surface area contributed by atoms with Crippen molar-refractivity contribution in [3.63, 3.8) is 0 Å². The summed E-state index contributed by atoms with van der Waals surface area (Å²) in [7, 11) is 6.01. The summed E-state index contributed by atoms with van der Waals surface area (Å²) in [5.41, 5.74) is 0.955. The molecule has 1 fully saturated rings. The molecular weight excluding hydrogens is 300 g/mol. The smallest absolute Gasteiger partial charge is 0.317 e. The lowest BCUT2D eigenvalue weighted by Gasteiger charge is -2.37. The molecule has 0 spiro atoms. The fourth-order valence-electron chi connectivity index (χ4n) is 2.62. The molecule has 1 aliphatic heterocycles. The highest BCUT2D eigenvalue weighted by molar-refractivity contribution is 6.31. The molecule has 1 aliphatic rings. The van der Waals surface area contributed by atoms with Crippen molar-refractivity contribution in [3.8, 4) is 0 Å². The molecule has 122 valence electrons. The molecule has 0 radical (unpaired) electrons. The fraction of sp³-hybridized carbons (Fsp3) is 0.562. The van der Waals surface area contributed by atoms with Gasteiger partial charge in [-0.3, -0.25) is 4.90 Å². The average molecular weight is 325 g/mol. The highest BCUT2D eigenvalue weighted by Crippen LogP contribution is 2.16. The Bertz CT molecular complexity index is 511. The van der Waals surface area contributed by atoms with Crippen LogP contribution in [0.4, 0.5) is 4.79 Å². The quantitative estimate of drug-likeness (QED) is 0.916. The molecule has 0 bridgehead atoms. The van der Waals surface area contributed by atoms with E-state index in [4.69, 9.17) is 11.6 Å². The Hall–Kier alpha value is -1.30. The topological polar surface area (TPSA) is 38.8 Å². The monoisotopic (exact) mass is 324 g/mol. The molecule has 2 rings (SSSR count). The molecule has 1 heterocycles. The maximum Gasteiger partial charge on any atom is 0.317 e. The Morgan fingerprint density at radius 3 is 2.82 bits per heavy atom. The molecule has 1 N–H and O–H groups in total. The van der Waals surface area contributed by atoms with Crippen LogP contribution in [0.15, 0.2) is 24.3 Å². The lowest BCUT2D eigenvalue weighted by molar-refractivity contribution is 0.113. The van der Waals surface area contributed by atoms with Gasteiger partial charge in [-0.15, -0.1) is 0 Å². The first-order chi connectivity index (χ1) is 10.5. The van der Waals surface area contributed by atoms with Crippen LogP contribution in [0.2, 0.25) is 5.02 Å². The SMILES string of the molecule is CN1CCN(C)[C@@H](CNC(=O)N(C)Cc2ccccc2Cl)C1. The number of halogens is 1. The molecular formula is C16H25ClN4O. The van der Waals surface area contributed by atoms with Crippen LogP contribution in [0.5, 0.6) is 0 Å². The summed E-state index contributed by atoms with van der Waals surface area (Å²) in [6.45, 7) is 4.25. The standard InChI is InChI=1S/C16H25ClN4O/c1-19-8-9-20(2)14(12-19)10-18-16(22)21(3)11-13-6-4-5-7-15(13)17/h4-7,14H,8-12H2,1-3H3,(H,18,22)/t14-/m0/s1. The van der Waals surface area contributed by atoms with Gasteiger partial charge in [0.2, 0.25) is 0 Å². The van der Waals surface area contributed by atoms with E-state index in [1.54, 1.807) is 11.9 Å². The molecule has 1 saturated heterocycles. The average Bonchev–Trinajstić information content (AvgIpc) is 2.50.